The van der Waals surface area contributed by atoms with Crippen molar-refractivity contribution in [3.8, 4) is 0 Å². The molecule has 20 heavy (non-hydrogen) atoms. The maximum Gasteiger partial charge on any atom is 0.178 e. The molecule has 0 unspecified atom stereocenters. The highest BCUT2D eigenvalue weighted by atomic mass is 32.2. The average Bonchev–Trinajstić information content (AvgIpc) is 2.43. The molecule has 1 aromatic carbocycles. The van der Waals surface area contributed by atoms with Crippen LogP contribution >= 0.6 is 0 Å². The highest BCUT2D eigenvalue weighted by molar-refractivity contribution is 7.91. The lowest BCUT2D eigenvalue weighted by Crippen LogP contribution is -2.31. The first kappa shape index (κ1) is 17.0. The fraction of sp³-hybridized carbons (Fsp3) is 0.600. The molecular weight excluding hydrogens is 272 g/mol. The Labute approximate surface area is 123 Å². The first-order valence-corrected chi connectivity index (χ1v) is 8.92. The Balaban J connectivity index is 2.87. The van der Waals surface area contributed by atoms with Gasteiger partial charge in [0.15, 0.2) is 9.84 Å². The molecule has 1 N–H and O–H groups in total. The van der Waals surface area contributed by atoms with Crippen LogP contribution < -0.4 is 10.2 Å². The van der Waals surface area contributed by atoms with Gasteiger partial charge in [-0.3, -0.25) is 0 Å². The Morgan fingerprint density at radius 1 is 1.05 bits per heavy atom. The van der Waals surface area contributed by atoms with Crippen LogP contribution in [0.2, 0.25) is 0 Å². The van der Waals surface area contributed by atoms with Gasteiger partial charge in [-0.25, -0.2) is 8.42 Å². The van der Waals surface area contributed by atoms with Crippen molar-refractivity contribution in [3.05, 3.63) is 24.3 Å². The van der Waals surface area contributed by atoms with Crippen molar-refractivity contribution < 1.29 is 8.42 Å². The van der Waals surface area contributed by atoms with E-state index >= 15 is 0 Å². The van der Waals surface area contributed by atoms with Gasteiger partial charge in [0.2, 0.25) is 0 Å². The Morgan fingerprint density at radius 3 is 2.20 bits per heavy atom. The number of nitrogens with one attached hydrogen (secondary N) is 1. The summed E-state index contributed by atoms with van der Waals surface area (Å²) in [4.78, 5) is 2.69. The van der Waals surface area contributed by atoms with Crippen molar-refractivity contribution in [1.29, 1.82) is 0 Å². The van der Waals surface area contributed by atoms with E-state index in [0.717, 1.165) is 31.7 Å². The molecular formula is C15H26N2O2S. The van der Waals surface area contributed by atoms with E-state index in [1.807, 2.05) is 26.1 Å². The van der Waals surface area contributed by atoms with Crippen LogP contribution in [0, 0.1) is 0 Å². The molecule has 0 saturated heterocycles. The Bertz CT molecular complexity index is 483. The lowest BCUT2D eigenvalue weighted by atomic mass is 10.2. The molecule has 0 radical (unpaired) electrons. The van der Waals surface area contributed by atoms with Crippen molar-refractivity contribution in [3.63, 3.8) is 0 Å². The second kappa shape index (κ2) is 8.27. The quantitative estimate of drug-likeness (QED) is 0.760. The molecule has 0 aliphatic rings. The second-order valence-corrected chi connectivity index (χ2v) is 7.01. The zero-order valence-electron chi connectivity index (χ0n) is 12.7. The topological polar surface area (TPSA) is 49.4 Å². The second-order valence-electron chi connectivity index (χ2n) is 4.90. The van der Waals surface area contributed by atoms with E-state index in [9.17, 15) is 8.42 Å². The molecule has 0 aliphatic carbocycles. The van der Waals surface area contributed by atoms with E-state index in [0.29, 0.717) is 11.3 Å². The van der Waals surface area contributed by atoms with Gasteiger partial charge in [-0.05, 0) is 44.2 Å². The van der Waals surface area contributed by atoms with Gasteiger partial charge in [0.05, 0.1) is 10.6 Å². The molecule has 114 valence electrons. The third-order valence-corrected chi connectivity index (χ3v) is 5.10. The first-order chi connectivity index (χ1) is 9.55. The van der Waals surface area contributed by atoms with Gasteiger partial charge >= 0.3 is 0 Å². The van der Waals surface area contributed by atoms with Crippen LogP contribution in [0.25, 0.3) is 0 Å². The zero-order valence-corrected chi connectivity index (χ0v) is 13.5. The number of nitrogens with zero attached hydrogens (tertiary/aromatic N) is 1. The third-order valence-electron chi connectivity index (χ3n) is 3.16. The summed E-state index contributed by atoms with van der Waals surface area (Å²) < 4.78 is 24.0. The summed E-state index contributed by atoms with van der Waals surface area (Å²) in [5, 5.41) is 3.14. The molecule has 0 spiro atoms. The Kier molecular flexibility index (Phi) is 7.02. The molecule has 1 rings (SSSR count). The molecule has 0 saturated carbocycles. The predicted molar refractivity (Wildman–Crippen MR) is 85.2 cm³/mol. The van der Waals surface area contributed by atoms with Crippen molar-refractivity contribution in [2.45, 2.75) is 31.6 Å². The van der Waals surface area contributed by atoms with Gasteiger partial charge in [-0.1, -0.05) is 13.8 Å². The standard InChI is InChI=1S/C15H26N2O2S/c1-4-11-17(12-10-16-3)14-6-8-15(9-7-14)20(18,19)13-5-2/h6-9,16H,4-5,10-13H2,1-3H3. The first-order valence-electron chi connectivity index (χ1n) is 7.27. The van der Waals surface area contributed by atoms with E-state index in [2.05, 4.69) is 17.1 Å². The summed E-state index contributed by atoms with van der Waals surface area (Å²) in [5.74, 6) is 0.213. The Hall–Kier alpha value is -1.07. The van der Waals surface area contributed by atoms with Gasteiger partial charge in [-0.2, -0.15) is 0 Å². The highest BCUT2D eigenvalue weighted by Crippen LogP contribution is 2.19. The number of likely N-dealkylation sites (N-methyl/N-ethyl adjacent to an activating group) is 1. The van der Waals surface area contributed by atoms with Crippen LogP contribution in [-0.4, -0.2) is 40.9 Å². The molecule has 0 heterocycles. The van der Waals surface area contributed by atoms with Crippen LogP contribution in [-0.2, 0) is 9.84 Å². The molecule has 5 heteroatoms. The minimum atomic E-state index is -3.11. The van der Waals surface area contributed by atoms with Crippen molar-refractivity contribution in [2.75, 3.05) is 37.3 Å². The molecule has 0 fully saturated rings. The van der Waals surface area contributed by atoms with Crippen molar-refractivity contribution in [1.82, 2.24) is 5.32 Å². The van der Waals surface area contributed by atoms with Gasteiger partial charge in [0.25, 0.3) is 0 Å². The molecule has 1 aromatic rings. The summed E-state index contributed by atoms with van der Waals surface area (Å²) in [5.41, 5.74) is 1.08. The van der Waals surface area contributed by atoms with Crippen LogP contribution in [0.1, 0.15) is 26.7 Å². The van der Waals surface area contributed by atoms with E-state index < -0.39 is 9.84 Å². The number of benzene rings is 1. The van der Waals surface area contributed by atoms with Crippen LogP contribution in [0.15, 0.2) is 29.2 Å². The van der Waals surface area contributed by atoms with E-state index in [-0.39, 0.29) is 5.75 Å². The summed E-state index contributed by atoms with van der Waals surface area (Å²) in [6, 6.07) is 7.27. The van der Waals surface area contributed by atoms with Gasteiger partial charge in [-0.15, -0.1) is 0 Å². The van der Waals surface area contributed by atoms with Crippen molar-refractivity contribution in [2.24, 2.45) is 0 Å². The highest BCUT2D eigenvalue weighted by Gasteiger charge is 2.13. The SMILES string of the molecule is CCCN(CCNC)c1ccc(S(=O)(=O)CCC)cc1. The average molecular weight is 298 g/mol. The van der Waals surface area contributed by atoms with Crippen LogP contribution in [0.4, 0.5) is 5.69 Å². The van der Waals surface area contributed by atoms with E-state index in [4.69, 9.17) is 0 Å². The maximum absolute atomic E-state index is 12.0. The lowest BCUT2D eigenvalue weighted by Gasteiger charge is -2.24. The smallest absolute Gasteiger partial charge is 0.178 e. The normalized spacial score (nSPS) is 11.6. The fourth-order valence-electron chi connectivity index (χ4n) is 2.14. The van der Waals surface area contributed by atoms with Crippen molar-refractivity contribution >= 4 is 15.5 Å². The zero-order chi connectivity index (χ0) is 15.0. The van der Waals surface area contributed by atoms with E-state index in [1.54, 1.807) is 12.1 Å². The van der Waals surface area contributed by atoms with Crippen LogP contribution in [0.5, 0.6) is 0 Å². The number of rotatable bonds is 9. The summed E-state index contributed by atoms with van der Waals surface area (Å²) >= 11 is 0. The monoisotopic (exact) mass is 298 g/mol. The number of hydrogen-bond donors (Lipinski definition) is 1. The van der Waals surface area contributed by atoms with Gasteiger partial charge in [0.1, 0.15) is 0 Å². The van der Waals surface area contributed by atoms with Crippen LogP contribution in [0.3, 0.4) is 0 Å². The summed E-state index contributed by atoms with van der Waals surface area (Å²) in [7, 11) is -1.18. The third kappa shape index (κ3) is 4.80. The summed E-state index contributed by atoms with van der Waals surface area (Å²) in [6.45, 7) is 6.84. The van der Waals surface area contributed by atoms with E-state index in [1.165, 1.54) is 0 Å². The Morgan fingerprint density at radius 2 is 1.70 bits per heavy atom. The largest absolute Gasteiger partial charge is 0.370 e. The van der Waals surface area contributed by atoms with Gasteiger partial charge < -0.3 is 10.2 Å². The number of hydrogen-bond acceptors (Lipinski definition) is 4. The lowest BCUT2D eigenvalue weighted by molar-refractivity contribution is 0.594. The molecule has 4 nitrogen and oxygen atoms in total. The molecule has 0 bridgehead atoms. The molecule has 0 aromatic heterocycles. The minimum absolute atomic E-state index is 0.213. The molecule has 0 atom stereocenters. The summed E-state index contributed by atoms with van der Waals surface area (Å²) in [6.07, 6.45) is 1.72. The number of anilines is 1. The maximum atomic E-state index is 12.0. The molecule has 0 amide bonds. The minimum Gasteiger partial charge on any atom is -0.370 e. The fourth-order valence-corrected chi connectivity index (χ4v) is 3.46. The molecule has 0 aliphatic heterocycles. The number of sulfone groups is 1. The predicted octanol–water partition coefficient (Wildman–Crippen LogP) is 2.31. The van der Waals surface area contributed by atoms with Gasteiger partial charge in [0, 0.05) is 25.3 Å².